The van der Waals surface area contributed by atoms with Crippen molar-refractivity contribution in [2.75, 3.05) is 12.0 Å². The van der Waals surface area contributed by atoms with E-state index in [0.29, 0.717) is 23.0 Å². The Kier molecular flexibility index (Phi) is 5.92. The van der Waals surface area contributed by atoms with Gasteiger partial charge in [-0.05, 0) is 53.9 Å². The van der Waals surface area contributed by atoms with Crippen LogP contribution in [-0.2, 0) is 0 Å². The number of methoxy groups -OCH3 is 1. The number of aromatic nitrogens is 3. The van der Waals surface area contributed by atoms with Crippen molar-refractivity contribution in [1.29, 1.82) is 0 Å². The lowest BCUT2D eigenvalue weighted by atomic mass is 9.91. The minimum atomic E-state index is -0.498. The van der Waals surface area contributed by atoms with Gasteiger partial charge in [0.1, 0.15) is 12.1 Å². The van der Waals surface area contributed by atoms with E-state index in [4.69, 9.17) is 16.3 Å². The van der Waals surface area contributed by atoms with Crippen LogP contribution in [0.5, 0.6) is 5.75 Å². The normalized spacial score (nSPS) is 17.0. The number of nitro groups is 1. The quantitative estimate of drug-likeness (QED) is 0.281. The number of non-ortho nitro benzene ring substituents is 1. The van der Waals surface area contributed by atoms with Crippen molar-refractivity contribution in [1.82, 2.24) is 14.8 Å². The highest BCUT2D eigenvalue weighted by molar-refractivity contribution is 6.30. The Bertz CT molecular complexity index is 1370. The van der Waals surface area contributed by atoms with E-state index in [2.05, 4.69) is 10.1 Å². The molecule has 2 heterocycles. The largest absolute Gasteiger partial charge is 0.497 e. The molecule has 0 saturated heterocycles. The van der Waals surface area contributed by atoms with E-state index >= 15 is 0 Å². The number of nitro benzene ring substituents is 1. The Morgan fingerprint density at radius 2 is 1.63 bits per heavy atom. The minimum Gasteiger partial charge on any atom is -0.497 e. The van der Waals surface area contributed by atoms with Crippen LogP contribution < -0.4 is 9.64 Å². The van der Waals surface area contributed by atoms with Crippen LogP contribution >= 0.6 is 11.6 Å². The molecule has 1 aliphatic rings. The van der Waals surface area contributed by atoms with Crippen molar-refractivity contribution in [2.45, 2.75) is 18.5 Å². The van der Waals surface area contributed by atoms with Gasteiger partial charge in [0.05, 0.1) is 24.1 Å². The number of hydrogen-bond donors (Lipinski definition) is 0. The lowest BCUT2D eigenvalue weighted by Crippen LogP contribution is -2.42. The second-order valence-electron chi connectivity index (χ2n) is 8.08. The first kappa shape index (κ1) is 22.5. The van der Waals surface area contributed by atoms with Crippen LogP contribution in [0.15, 0.2) is 79.1 Å². The topological polar surface area (TPSA) is 103 Å². The number of fused-ring (bicyclic) bond motifs is 1. The molecule has 0 bridgehead atoms. The zero-order valence-corrected chi connectivity index (χ0v) is 19.4. The lowest BCUT2D eigenvalue weighted by Gasteiger charge is -2.39. The van der Waals surface area contributed by atoms with E-state index in [1.807, 2.05) is 36.4 Å². The van der Waals surface area contributed by atoms with Gasteiger partial charge in [-0.15, -0.1) is 0 Å². The van der Waals surface area contributed by atoms with Gasteiger partial charge in [-0.1, -0.05) is 35.9 Å². The fourth-order valence-electron chi connectivity index (χ4n) is 4.36. The second-order valence-corrected chi connectivity index (χ2v) is 8.51. The maximum absolute atomic E-state index is 13.8. The van der Waals surface area contributed by atoms with Gasteiger partial charge in [-0.25, -0.2) is 4.68 Å². The van der Waals surface area contributed by atoms with Gasteiger partial charge >= 0.3 is 0 Å². The van der Waals surface area contributed by atoms with Gasteiger partial charge in [0.2, 0.25) is 5.95 Å². The van der Waals surface area contributed by atoms with Crippen LogP contribution in [0.2, 0.25) is 5.02 Å². The van der Waals surface area contributed by atoms with Crippen molar-refractivity contribution < 1.29 is 14.5 Å². The number of anilines is 1. The molecule has 1 amide bonds. The number of halogens is 1. The molecule has 9 nitrogen and oxygen atoms in total. The molecule has 0 radical (unpaired) electrons. The average Bonchev–Trinajstić information content (AvgIpc) is 3.38. The summed E-state index contributed by atoms with van der Waals surface area (Å²) in [5, 5.41) is 16.1. The van der Waals surface area contributed by atoms with Crippen LogP contribution in [0.4, 0.5) is 11.6 Å². The van der Waals surface area contributed by atoms with Crippen LogP contribution in [-0.4, -0.2) is 32.7 Å². The molecule has 0 aliphatic carbocycles. The number of carbonyl (C=O) groups is 1. The summed E-state index contributed by atoms with van der Waals surface area (Å²) in [6.45, 7) is 0. The van der Waals surface area contributed by atoms with Crippen LogP contribution in [0.25, 0.3) is 0 Å². The molecule has 3 aromatic carbocycles. The predicted octanol–water partition coefficient (Wildman–Crippen LogP) is 5.23. The zero-order chi connectivity index (χ0) is 24.5. The Balaban J connectivity index is 1.60. The highest BCUT2D eigenvalue weighted by Crippen LogP contribution is 2.43. The maximum Gasteiger partial charge on any atom is 0.269 e. The van der Waals surface area contributed by atoms with Crippen molar-refractivity contribution in [3.8, 4) is 5.75 Å². The van der Waals surface area contributed by atoms with Crippen LogP contribution in [0.1, 0.15) is 40.0 Å². The Morgan fingerprint density at radius 1 is 1.00 bits per heavy atom. The van der Waals surface area contributed by atoms with E-state index in [1.165, 1.54) is 30.6 Å². The lowest BCUT2D eigenvalue weighted by molar-refractivity contribution is -0.384. The summed E-state index contributed by atoms with van der Waals surface area (Å²) >= 11 is 6.13. The molecule has 1 aliphatic heterocycles. The Morgan fingerprint density at radius 3 is 2.26 bits per heavy atom. The van der Waals surface area contributed by atoms with E-state index in [0.717, 1.165) is 16.9 Å². The molecule has 0 unspecified atom stereocenters. The maximum atomic E-state index is 13.8. The first-order chi connectivity index (χ1) is 17.0. The summed E-state index contributed by atoms with van der Waals surface area (Å²) in [7, 11) is 1.61. The molecule has 2 atom stereocenters. The third-order valence-electron chi connectivity index (χ3n) is 6.12. The number of ether oxygens (including phenoxy) is 1. The molecule has 1 aromatic heterocycles. The molecular weight excluding hydrogens is 470 g/mol. The summed E-state index contributed by atoms with van der Waals surface area (Å²) in [5.41, 5.74) is 2.11. The smallest absolute Gasteiger partial charge is 0.269 e. The molecule has 35 heavy (non-hydrogen) atoms. The molecule has 0 fully saturated rings. The molecule has 0 spiro atoms. The van der Waals surface area contributed by atoms with Crippen molar-refractivity contribution in [3.05, 3.63) is 111 Å². The van der Waals surface area contributed by atoms with Crippen LogP contribution in [0.3, 0.4) is 0 Å². The molecule has 0 N–H and O–H groups in total. The van der Waals surface area contributed by atoms with Crippen molar-refractivity contribution in [2.24, 2.45) is 0 Å². The monoisotopic (exact) mass is 489 g/mol. The Hall–Kier alpha value is -4.24. The fourth-order valence-corrected chi connectivity index (χ4v) is 4.49. The average molecular weight is 490 g/mol. The first-order valence-electron chi connectivity index (χ1n) is 10.8. The highest BCUT2D eigenvalue weighted by Gasteiger charge is 2.39. The van der Waals surface area contributed by atoms with Gasteiger partial charge in [0, 0.05) is 22.7 Å². The molecule has 10 heteroatoms. The van der Waals surface area contributed by atoms with E-state index in [-0.39, 0.29) is 23.7 Å². The summed E-state index contributed by atoms with van der Waals surface area (Å²) in [5.74, 6) is 0.801. The standard InChI is InChI=1S/C25H20ClN5O4/c1-35-21-12-6-17(7-13-21)23-14-22(16-2-8-19(26)9-3-16)29(25-27-15-28-30(23)25)24(32)18-4-10-20(11-5-18)31(33)34/h2-13,15,22-23H,14H2,1H3/t22-,23+/m1/s1. The van der Waals surface area contributed by atoms with E-state index in [1.54, 1.807) is 28.8 Å². The predicted molar refractivity (Wildman–Crippen MR) is 130 cm³/mol. The van der Waals surface area contributed by atoms with E-state index < -0.39 is 4.92 Å². The molecule has 5 rings (SSSR count). The number of rotatable bonds is 5. The van der Waals surface area contributed by atoms with Crippen molar-refractivity contribution in [3.63, 3.8) is 0 Å². The van der Waals surface area contributed by atoms with Gasteiger partial charge in [0.15, 0.2) is 0 Å². The number of benzene rings is 3. The van der Waals surface area contributed by atoms with Crippen molar-refractivity contribution >= 4 is 29.1 Å². The van der Waals surface area contributed by atoms with Crippen LogP contribution in [0, 0.1) is 10.1 Å². The molecule has 0 saturated carbocycles. The molecular formula is C25H20ClN5O4. The zero-order valence-electron chi connectivity index (χ0n) is 18.6. The van der Waals surface area contributed by atoms with Gasteiger partial charge < -0.3 is 4.74 Å². The SMILES string of the molecule is COc1ccc([C@@H]2C[C@H](c3ccc(Cl)cc3)N(C(=O)c3ccc([N+](=O)[O-])cc3)c3ncnn32)cc1. The van der Waals surface area contributed by atoms with E-state index in [9.17, 15) is 14.9 Å². The van der Waals surface area contributed by atoms with Gasteiger partial charge in [0.25, 0.3) is 11.6 Å². The summed E-state index contributed by atoms with van der Waals surface area (Å²) in [6, 6.07) is 20.1. The summed E-state index contributed by atoms with van der Waals surface area (Å²) in [6.07, 6.45) is 1.95. The number of amides is 1. The first-order valence-corrected chi connectivity index (χ1v) is 11.2. The van der Waals surface area contributed by atoms with Gasteiger partial charge in [-0.2, -0.15) is 10.1 Å². The molecule has 176 valence electrons. The molecule has 4 aromatic rings. The second kappa shape index (κ2) is 9.19. The third-order valence-corrected chi connectivity index (χ3v) is 6.37. The number of nitrogens with zero attached hydrogens (tertiary/aromatic N) is 5. The summed E-state index contributed by atoms with van der Waals surface area (Å²) in [4.78, 5) is 30.3. The minimum absolute atomic E-state index is 0.0859. The third kappa shape index (κ3) is 4.22. The fraction of sp³-hybridized carbons (Fsp3) is 0.160. The highest BCUT2D eigenvalue weighted by atomic mass is 35.5. The number of hydrogen-bond acceptors (Lipinski definition) is 6. The van der Waals surface area contributed by atoms with Gasteiger partial charge in [-0.3, -0.25) is 19.8 Å². The summed E-state index contributed by atoms with van der Waals surface area (Å²) < 4.78 is 7.02. The number of carbonyl (C=O) groups excluding carboxylic acids is 1. The Labute approximate surface area is 205 Å².